The summed E-state index contributed by atoms with van der Waals surface area (Å²) in [6.07, 6.45) is 2.54. The van der Waals surface area contributed by atoms with Gasteiger partial charge in [-0.3, -0.25) is 4.90 Å². The first-order valence-corrected chi connectivity index (χ1v) is 11.3. The van der Waals surface area contributed by atoms with Crippen molar-refractivity contribution in [2.45, 2.75) is 44.8 Å². The van der Waals surface area contributed by atoms with E-state index in [1.165, 1.54) is 27.7 Å². The van der Waals surface area contributed by atoms with Gasteiger partial charge in [-0.05, 0) is 42.4 Å². The van der Waals surface area contributed by atoms with Gasteiger partial charge in [-0.2, -0.15) is 10.5 Å². The van der Waals surface area contributed by atoms with Crippen LogP contribution in [0.3, 0.4) is 0 Å². The first-order chi connectivity index (χ1) is 15.2. The van der Waals surface area contributed by atoms with Crippen molar-refractivity contribution >= 4 is 10.9 Å². The lowest BCUT2D eigenvalue weighted by atomic mass is 9.66. The Balaban J connectivity index is 1.67. The molecule has 5 atom stereocenters. The van der Waals surface area contributed by atoms with Gasteiger partial charge in [-0.1, -0.05) is 55.5 Å². The number of rotatable bonds is 4. The second-order valence-electron chi connectivity index (χ2n) is 9.08. The van der Waals surface area contributed by atoms with E-state index in [2.05, 4.69) is 90.2 Å². The van der Waals surface area contributed by atoms with E-state index in [1.54, 1.807) is 0 Å². The molecule has 0 N–H and O–H groups in total. The van der Waals surface area contributed by atoms with Gasteiger partial charge in [-0.25, -0.2) is 0 Å². The molecule has 0 saturated carbocycles. The first kappa shape index (κ1) is 19.9. The topological polar surface area (TPSA) is 55.8 Å². The van der Waals surface area contributed by atoms with Gasteiger partial charge in [0.05, 0.1) is 30.0 Å². The number of benzene rings is 2. The molecule has 0 spiro atoms. The van der Waals surface area contributed by atoms with Crippen LogP contribution in [0.25, 0.3) is 10.9 Å². The largest absolute Gasteiger partial charge is 0.346 e. The number of hydrogen-bond acceptors (Lipinski definition) is 3. The van der Waals surface area contributed by atoms with Crippen LogP contribution in [0.4, 0.5) is 0 Å². The number of aryl methyl sites for hydroxylation is 1. The normalized spacial score (nSPS) is 26.1. The number of para-hydroxylation sites is 1. The smallest absolute Gasteiger partial charge is 0.0675 e. The van der Waals surface area contributed by atoms with Crippen LogP contribution in [0.1, 0.15) is 42.6 Å². The number of hydrogen-bond donors (Lipinski definition) is 0. The second-order valence-corrected chi connectivity index (χ2v) is 9.08. The summed E-state index contributed by atoms with van der Waals surface area (Å²) < 4.78 is 2.36. The van der Waals surface area contributed by atoms with E-state index in [0.29, 0.717) is 0 Å². The van der Waals surface area contributed by atoms with Crippen LogP contribution in [-0.2, 0) is 20.0 Å². The van der Waals surface area contributed by atoms with Gasteiger partial charge in [0.25, 0.3) is 0 Å². The summed E-state index contributed by atoms with van der Waals surface area (Å²) in [6, 6.07) is 24.8. The molecule has 156 valence electrons. The summed E-state index contributed by atoms with van der Waals surface area (Å²) in [5, 5.41) is 21.4. The lowest BCUT2D eigenvalue weighted by Crippen LogP contribution is -2.55. The molecule has 3 aromatic rings. The van der Waals surface area contributed by atoms with E-state index in [4.69, 9.17) is 0 Å². The highest BCUT2D eigenvalue weighted by molar-refractivity contribution is 5.86. The van der Waals surface area contributed by atoms with Gasteiger partial charge >= 0.3 is 0 Å². The lowest BCUT2D eigenvalue weighted by Gasteiger charge is -2.52. The van der Waals surface area contributed by atoms with Gasteiger partial charge in [0, 0.05) is 36.2 Å². The van der Waals surface area contributed by atoms with E-state index < -0.39 is 0 Å². The standard InChI is InChI=1S/C27H28N4/c1-3-19(15-28)21-13-26-27-22(20-11-7-8-12-24(20)30(27)2)14-25(23(21)16-29)31(26)17-18-9-5-4-6-10-18/h4-12,19,21,23,25-26H,3,13-14,17H2,1-2H3/t19?,21?,23?,25-,26-/m0/s1. The maximum Gasteiger partial charge on any atom is 0.0675 e. The maximum atomic E-state index is 10.3. The van der Waals surface area contributed by atoms with Crippen LogP contribution in [0.15, 0.2) is 54.6 Å². The Labute approximate surface area is 184 Å². The molecule has 1 saturated heterocycles. The molecule has 0 amide bonds. The minimum absolute atomic E-state index is 0.0650. The molecule has 5 rings (SSSR count). The quantitative estimate of drug-likeness (QED) is 0.584. The summed E-state index contributed by atoms with van der Waals surface area (Å²) in [7, 11) is 2.18. The summed E-state index contributed by atoms with van der Waals surface area (Å²) in [6.45, 7) is 2.92. The molecule has 0 radical (unpaired) electrons. The average Bonchev–Trinajstić information content (AvgIpc) is 3.08. The third-order valence-corrected chi connectivity index (χ3v) is 7.67. The molecule has 2 aromatic carbocycles. The van der Waals surface area contributed by atoms with Gasteiger partial charge in [0.2, 0.25) is 0 Å². The Bertz CT molecular complexity index is 1180. The molecule has 4 nitrogen and oxygen atoms in total. The molecule has 2 aliphatic heterocycles. The molecule has 2 bridgehead atoms. The molecule has 3 unspecified atom stereocenters. The fourth-order valence-corrected chi connectivity index (χ4v) is 6.22. The maximum absolute atomic E-state index is 10.3. The molecule has 31 heavy (non-hydrogen) atoms. The number of piperidine rings is 1. The highest BCUT2D eigenvalue weighted by atomic mass is 15.2. The monoisotopic (exact) mass is 408 g/mol. The van der Waals surface area contributed by atoms with Crippen LogP contribution in [0.2, 0.25) is 0 Å². The molecule has 4 heteroatoms. The number of fused-ring (bicyclic) bond motifs is 6. The Kier molecular flexibility index (Phi) is 5.05. The van der Waals surface area contributed by atoms with E-state index in [-0.39, 0.29) is 29.8 Å². The Morgan fingerprint density at radius 3 is 2.52 bits per heavy atom. The van der Waals surface area contributed by atoms with Crippen molar-refractivity contribution in [2.75, 3.05) is 0 Å². The summed E-state index contributed by atoms with van der Waals surface area (Å²) >= 11 is 0. The van der Waals surface area contributed by atoms with Crippen LogP contribution < -0.4 is 0 Å². The van der Waals surface area contributed by atoms with Crippen molar-refractivity contribution in [3.8, 4) is 12.1 Å². The van der Waals surface area contributed by atoms with E-state index in [9.17, 15) is 10.5 Å². The van der Waals surface area contributed by atoms with Crippen LogP contribution in [0.5, 0.6) is 0 Å². The van der Waals surface area contributed by atoms with Crippen molar-refractivity contribution in [1.29, 1.82) is 10.5 Å². The van der Waals surface area contributed by atoms with Crippen molar-refractivity contribution in [3.63, 3.8) is 0 Å². The number of nitrogens with zero attached hydrogens (tertiary/aromatic N) is 4. The molecule has 1 aromatic heterocycles. The molecular formula is C27H28N4. The lowest BCUT2D eigenvalue weighted by molar-refractivity contribution is -0.0118. The van der Waals surface area contributed by atoms with E-state index in [1.807, 2.05) is 0 Å². The number of aromatic nitrogens is 1. The van der Waals surface area contributed by atoms with Crippen molar-refractivity contribution in [1.82, 2.24) is 9.47 Å². The predicted molar refractivity (Wildman–Crippen MR) is 122 cm³/mol. The fraction of sp³-hybridized carbons (Fsp3) is 0.407. The van der Waals surface area contributed by atoms with Crippen molar-refractivity contribution in [3.05, 3.63) is 71.4 Å². The zero-order valence-corrected chi connectivity index (χ0v) is 18.2. The molecule has 0 aliphatic carbocycles. The molecule has 3 heterocycles. The highest BCUT2D eigenvalue weighted by Crippen LogP contribution is 2.51. The number of nitriles is 2. The summed E-state index contributed by atoms with van der Waals surface area (Å²) in [5.41, 5.74) is 5.32. The second kappa shape index (κ2) is 7.88. The van der Waals surface area contributed by atoms with Crippen molar-refractivity contribution < 1.29 is 0 Å². The van der Waals surface area contributed by atoms with Crippen LogP contribution in [0, 0.1) is 40.4 Å². The van der Waals surface area contributed by atoms with Gasteiger partial charge in [-0.15, -0.1) is 0 Å². The molecular weight excluding hydrogens is 380 g/mol. The van der Waals surface area contributed by atoms with E-state index in [0.717, 1.165) is 25.8 Å². The van der Waals surface area contributed by atoms with E-state index >= 15 is 0 Å². The zero-order chi connectivity index (χ0) is 21.5. The SMILES string of the molecule is CCC(C#N)C1C[C@H]2c3c(c4ccccc4n3C)C[C@@H](C1C#N)N2Cc1ccccc1. The Morgan fingerprint density at radius 1 is 1.06 bits per heavy atom. The summed E-state index contributed by atoms with van der Waals surface area (Å²) in [4.78, 5) is 2.56. The van der Waals surface area contributed by atoms with Crippen LogP contribution in [-0.4, -0.2) is 15.5 Å². The highest BCUT2D eigenvalue weighted by Gasteiger charge is 2.50. The van der Waals surface area contributed by atoms with Crippen molar-refractivity contribution in [2.24, 2.45) is 24.8 Å². The first-order valence-electron chi connectivity index (χ1n) is 11.3. The minimum Gasteiger partial charge on any atom is -0.346 e. The summed E-state index contributed by atoms with van der Waals surface area (Å²) in [5.74, 6) is -0.0744. The Morgan fingerprint density at radius 2 is 1.81 bits per heavy atom. The van der Waals surface area contributed by atoms with Crippen LogP contribution >= 0.6 is 0 Å². The third-order valence-electron chi connectivity index (χ3n) is 7.67. The minimum atomic E-state index is -0.128. The molecule has 2 aliphatic rings. The van der Waals surface area contributed by atoms with Gasteiger partial charge in [0.15, 0.2) is 0 Å². The fourth-order valence-electron chi connectivity index (χ4n) is 6.22. The van der Waals surface area contributed by atoms with Gasteiger partial charge in [0.1, 0.15) is 0 Å². The van der Waals surface area contributed by atoms with Gasteiger partial charge < -0.3 is 4.57 Å². The molecule has 1 fully saturated rings. The zero-order valence-electron chi connectivity index (χ0n) is 18.2. The predicted octanol–water partition coefficient (Wildman–Crippen LogP) is 5.36. The Hall–Kier alpha value is -3.08. The average molecular weight is 409 g/mol. The third kappa shape index (κ3) is 3.06.